The molecular weight excluding hydrogens is 382 g/mol. The van der Waals surface area contributed by atoms with Crippen LogP contribution in [0.3, 0.4) is 0 Å². The zero-order valence-electron chi connectivity index (χ0n) is 17.3. The number of ether oxygens (including phenoxy) is 1. The first kappa shape index (κ1) is 20.2. The van der Waals surface area contributed by atoms with Gasteiger partial charge < -0.3 is 23.5 Å². The van der Waals surface area contributed by atoms with Gasteiger partial charge in [-0.1, -0.05) is 35.5 Å². The lowest BCUT2D eigenvalue weighted by atomic mass is 10.1. The zero-order chi connectivity index (χ0) is 20.8. The summed E-state index contributed by atoms with van der Waals surface area (Å²) < 4.78 is 16.4. The molecule has 0 aliphatic carbocycles. The van der Waals surface area contributed by atoms with E-state index >= 15 is 0 Å². The predicted molar refractivity (Wildman–Crippen MR) is 113 cm³/mol. The molecule has 0 saturated carbocycles. The van der Waals surface area contributed by atoms with Gasteiger partial charge in [0, 0.05) is 38.9 Å². The van der Waals surface area contributed by atoms with Crippen molar-refractivity contribution in [3.8, 4) is 11.3 Å². The number of amides is 1. The molecule has 7 nitrogen and oxygen atoms in total. The fourth-order valence-electron chi connectivity index (χ4n) is 3.83. The molecule has 30 heavy (non-hydrogen) atoms. The Balaban J connectivity index is 1.68. The fourth-order valence-corrected chi connectivity index (χ4v) is 3.83. The number of carbonyl (C=O) groups excluding carboxylic acids is 1. The number of nitrogens with zero attached hydrogens (tertiary/aromatic N) is 3. The van der Waals surface area contributed by atoms with E-state index in [-0.39, 0.29) is 5.91 Å². The average Bonchev–Trinajstić information content (AvgIpc) is 3.55. The van der Waals surface area contributed by atoms with Crippen LogP contribution in [-0.4, -0.2) is 49.3 Å². The number of methoxy groups -OCH3 is 1. The zero-order valence-corrected chi connectivity index (χ0v) is 17.3. The van der Waals surface area contributed by atoms with E-state index in [1.54, 1.807) is 24.1 Å². The molecule has 0 bridgehead atoms. The van der Waals surface area contributed by atoms with Crippen molar-refractivity contribution in [2.45, 2.75) is 25.8 Å². The highest BCUT2D eigenvalue weighted by atomic mass is 16.5. The van der Waals surface area contributed by atoms with E-state index in [0.29, 0.717) is 25.5 Å². The second-order valence-electron chi connectivity index (χ2n) is 7.43. The van der Waals surface area contributed by atoms with Crippen molar-refractivity contribution in [1.82, 2.24) is 10.1 Å². The van der Waals surface area contributed by atoms with E-state index in [9.17, 15) is 4.79 Å². The summed E-state index contributed by atoms with van der Waals surface area (Å²) in [6, 6.07) is 13.4. The molecule has 158 valence electrons. The summed E-state index contributed by atoms with van der Waals surface area (Å²) in [7, 11) is 1.66. The molecule has 0 N–H and O–H groups in total. The molecule has 1 aliphatic heterocycles. The third-order valence-corrected chi connectivity index (χ3v) is 5.35. The smallest absolute Gasteiger partial charge is 0.289 e. The predicted octanol–water partition coefficient (Wildman–Crippen LogP) is 4.21. The minimum Gasteiger partial charge on any atom is -0.459 e. The van der Waals surface area contributed by atoms with Crippen LogP contribution in [-0.2, 0) is 11.3 Å². The van der Waals surface area contributed by atoms with Crippen LogP contribution in [0, 0.1) is 0 Å². The highest BCUT2D eigenvalue weighted by Crippen LogP contribution is 2.34. The number of benzene rings is 1. The molecule has 1 aliphatic rings. The number of hydrogen-bond donors (Lipinski definition) is 0. The van der Waals surface area contributed by atoms with E-state index in [1.165, 1.54) is 6.26 Å². The van der Waals surface area contributed by atoms with Crippen molar-refractivity contribution in [2.75, 3.05) is 38.3 Å². The van der Waals surface area contributed by atoms with E-state index in [1.807, 2.05) is 30.3 Å². The van der Waals surface area contributed by atoms with E-state index in [0.717, 1.165) is 55.1 Å². The van der Waals surface area contributed by atoms with Crippen molar-refractivity contribution >= 4 is 11.8 Å². The van der Waals surface area contributed by atoms with Crippen LogP contribution in [0.5, 0.6) is 0 Å². The van der Waals surface area contributed by atoms with Gasteiger partial charge in [-0.15, -0.1) is 0 Å². The van der Waals surface area contributed by atoms with E-state index in [4.69, 9.17) is 13.7 Å². The Morgan fingerprint density at radius 2 is 1.97 bits per heavy atom. The van der Waals surface area contributed by atoms with Crippen LogP contribution < -0.4 is 4.90 Å². The standard InChI is InChI=1S/C23H27N3O4/c1-28-15-8-14-26(22(27)20-11-7-16-29-20)17-19-21(18-9-3-2-4-10-18)24-30-23(19)25-12-5-6-13-25/h2-4,7,9-11,16H,5-6,8,12-15,17H2,1H3. The molecular formula is C23H27N3O4. The summed E-state index contributed by atoms with van der Waals surface area (Å²) in [5.41, 5.74) is 2.69. The van der Waals surface area contributed by atoms with Crippen LogP contribution in [0.4, 0.5) is 5.88 Å². The van der Waals surface area contributed by atoms with Crippen LogP contribution >= 0.6 is 0 Å². The molecule has 1 amide bonds. The van der Waals surface area contributed by atoms with Gasteiger partial charge in [0.15, 0.2) is 5.76 Å². The second-order valence-corrected chi connectivity index (χ2v) is 7.43. The lowest BCUT2D eigenvalue weighted by molar-refractivity contribution is 0.0692. The Morgan fingerprint density at radius 1 is 1.17 bits per heavy atom. The number of aromatic nitrogens is 1. The maximum atomic E-state index is 13.1. The molecule has 2 aromatic heterocycles. The maximum Gasteiger partial charge on any atom is 0.289 e. The number of rotatable bonds is 9. The number of furan rings is 1. The lowest BCUT2D eigenvalue weighted by Crippen LogP contribution is -2.32. The van der Waals surface area contributed by atoms with Gasteiger partial charge in [-0.3, -0.25) is 4.79 Å². The van der Waals surface area contributed by atoms with Gasteiger partial charge in [0.25, 0.3) is 5.91 Å². The van der Waals surface area contributed by atoms with Gasteiger partial charge in [0.05, 0.1) is 18.4 Å². The molecule has 0 spiro atoms. The van der Waals surface area contributed by atoms with Crippen molar-refractivity contribution in [3.63, 3.8) is 0 Å². The number of hydrogen-bond acceptors (Lipinski definition) is 6. The SMILES string of the molecule is COCCCN(Cc1c(-c2ccccc2)noc1N1CCCC1)C(=O)c1ccco1. The monoisotopic (exact) mass is 409 g/mol. The normalized spacial score (nSPS) is 13.7. The number of carbonyl (C=O) groups is 1. The molecule has 1 saturated heterocycles. The highest BCUT2D eigenvalue weighted by Gasteiger charge is 2.28. The first-order valence-electron chi connectivity index (χ1n) is 10.4. The van der Waals surface area contributed by atoms with Crippen LogP contribution in [0.25, 0.3) is 11.3 Å². The van der Waals surface area contributed by atoms with Gasteiger partial charge in [-0.2, -0.15) is 0 Å². The third-order valence-electron chi connectivity index (χ3n) is 5.35. The van der Waals surface area contributed by atoms with Crippen molar-refractivity contribution in [1.29, 1.82) is 0 Å². The van der Waals surface area contributed by atoms with Gasteiger partial charge in [-0.25, -0.2) is 0 Å². The molecule has 1 fully saturated rings. The fraction of sp³-hybridized carbons (Fsp3) is 0.391. The summed E-state index contributed by atoms with van der Waals surface area (Å²) in [6.07, 6.45) is 4.51. The molecule has 3 heterocycles. The molecule has 4 rings (SSSR count). The van der Waals surface area contributed by atoms with Crippen LogP contribution in [0.1, 0.15) is 35.4 Å². The minimum absolute atomic E-state index is 0.149. The van der Waals surface area contributed by atoms with E-state index < -0.39 is 0 Å². The largest absolute Gasteiger partial charge is 0.459 e. The maximum absolute atomic E-state index is 13.1. The summed E-state index contributed by atoms with van der Waals surface area (Å²) >= 11 is 0. The van der Waals surface area contributed by atoms with Gasteiger partial charge in [0.1, 0.15) is 5.69 Å². The first-order valence-corrected chi connectivity index (χ1v) is 10.4. The Morgan fingerprint density at radius 3 is 2.67 bits per heavy atom. The second kappa shape index (κ2) is 9.63. The Kier molecular flexibility index (Phi) is 6.49. The van der Waals surface area contributed by atoms with Crippen molar-refractivity contribution < 1.29 is 18.5 Å². The third kappa shape index (κ3) is 4.41. The minimum atomic E-state index is -0.149. The highest BCUT2D eigenvalue weighted by molar-refractivity contribution is 5.91. The Bertz CT molecular complexity index is 931. The molecule has 0 unspecified atom stereocenters. The van der Waals surface area contributed by atoms with Crippen LogP contribution in [0.2, 0.25) is 0 Å². The average molecular weight is 409 g/mol. The summed E-state index contributed by atoms with van der Waals surface area (Å²) in [6.45, 7) is 3.39. The first-order chi connectivity index (χ1) is 14.8. The Hall–Kier alpha value is -3.06. The molecule has 7 heteroatoms. The molecule has 1 aromatic carbocycles. The summed E-state index contributed by atoms with van der Waals surface area (Å²) in [5, 5.41) is 4.40. The Labute approximate surface area is 176 Å². The summed E-state index contributed by atoms with van der Waals surface area (Å²) in [5.74, 6) is 0.937. The molecule has 0 atom stereocenters. The van der Waals surface area contributed by atoms with Crippen LogP contribution in [0.15, 0.2) is 57.7 Å². The molecule has 3 aromatic rings. The van der Waals surface area contributed by atoms with Crippen molar-refractivity contribution in [2.24, 2.45) is 0 Å². The van der Waals surface area contributed by atoms with Gasteiger partial charge in [-0.05, 0) is 31.4 Å². The van der Waals surface area contributed by atoms with E-state index in [2.05, 4.69) is 10.1 Å². The van der Waals surface area contributed by atoms with Gasteiger partial charge >= 0.3 is 0 Å². The van der Waals surface area contributed by atoms with Gasteiger partial charge in [0.2, 0.25) is 5.88 Å². The van der Waals surface area contributed by atoms with Crippen molar-refractivity contribution in [3.05, 3.63) is 60.1 Å². The number of anilines is 1. The quantitative estimate of drug-likeness (QED) is 0.493. The summed E-state index contributed by atoms with van der Waals surface area (Å²) in [4.78, 5) is 17.1. The topological polar surface area (TPSA) is 72.0 Å². The molecule has 0 radical (unpaired) electrons. The lowest BCUT2D eigenvalue weighted by Gasteiger charge is -2.23.